The predicted octanol–water partition coefficient (Wildman–Crippen LogP) is 4.34. The molecule has 0 aliphatic heterocycles. The lowest BCUT2D eigenvalue weighted by molar-refractivity contribution is -0.117. The van der Waals surface area contributed by atoms with Gasteiger partial charge in [-0.05, 0) is 30.7 Å². The molecule has 1 heterocycles. The molecule has 0 unspecified atom stereocenters. The number of hydrogen-bond acceptors (Lipinski definition) is 4. The van der Waals surface area contributed by atoms with Crippen LogP contribution in [0.2, 0.25) is 0 Å². The number of aromatic nitrogens is 2. The van der Waals surface area contributed by atoms with E-state index in [-0.39, 0.29) is 30.7 Å². The number of carbonyl (C=O) groups excluding carboxylic acids is 2. The van der Waals surface area contributed by atoms with E-state index in [1.54, 1.807) is 10.7 Å². The summed E-state index contributed by atoms with van der Waals surface area (Å²) in [4.78, 5) is 27.3. The third-order valence-corrected chi connectivity index (χ3v) is 5.38. The van der Waals surface area contributed by atoms with Gasteiger partial charge in [0, 0.05) is 25.1 Å². The van der Waals surface area contributed by atoms with Gasteiger partial charge < -0.3 is 15.0 Å². The Labute approximate surface area is 199 Å². The quantitative estimate of drug-likeness (QED) is 0.536. The Morgan fingerprint density at radius 1 is 1.12 bits per heavy atom. The Balaban J connectivity index is 1.88. The minimum Gasteiger partial charge on any atom is -0.383 e. The molecule has 1 aromatic heterocycles. The summed E-state index contributed by atoms with van der Waals surface area (Å²) in [7, 11) is 1.50. The van der Waals surface area contributed by atoms with Gasteiger partial charge in [0.1, 0.15) is 18.2 Å². The van der Waals surface area contributed by atoms with Crippen molar-refractivity contribution in [2.45, 2.75) is 33.1 Å². The molecule has 3 aromatic rings. The molecule has 0 fully saturated rings. The summed E-state index contributed by atoms with van der Waals surface area (Å²) >= 11 is 0. The number of nitrogens with zero attached hydrogens (tertiary/aromatic N) is 3. The molecule has 1 N–H and O–H groups in total. The third-order valence-electron chi connectivity index (χ3n) is 5.38. The van der Waals surface area contributed by atoms with E-state index < -0.39 is 17.6 Å². The fourth-order valence-electron chi connectivity index (χ4n) is 3.44. The van der Waals surface area contributed by atoms with E-state index in [4.69, 9.17) is 9.84 Å². The number of ether oxygens (including phenoxy) is 1. The van der Waals surface area contributed by atoms with Crippen LogP contribution in [0.25, 0.3) is 5.69 Å². The summed E-state index contributed by atoms with van der Waals surface area (Å²) in [5.41, 5.74) is 2.32. The van der Waals surface area contributed by atoms with Crippen molar-refractivity contribution in [2.24, 2.45) is 0 Å². The van der Waals surface area contributed by atoms with Gasteiger partial charge >= 0.3 is 0 Å². The highest BCUT2D eigenvalue weighted by Gasteiger charge is 2.24. The summed E-state index contributed by atoms with van der Waals surface area (Å²) in [6.45, 7) is 8.19. The van der Waals surface area contributed by atoms with Crippen molar-refractivity contribution in [3.05, 3.63) is 77.2 Å². The number of nitrogens with one attached hydrogen (secondary N) is 1. The van der Waals surface area contributed by atoms with Crippen LogP contribution in [0.4, 0.5) is 10.2 Å². The molecule has 8 heteroatoms. The molecule has 0 saturated heterocycles. The third kappa shape index (κ3) is 5.88. The van der Waals surface area contributed by atoms with Gasteiger partial charge in [0.25, 0.3) is 5.91 Å². The summed E-state index contributed by atoms with van der Waals surface area (Å²) in [6.07, 6.45) is 0. The zero-order valence-corrected chi connectivity index (χ0v) is 20.3. The van der Waals surface area contributed by atoms with Crippen molar-refractivity contribution in [3.63, 3.8) is 0 Å². The Morgan fingerprint density at radius 3 is 2.44 bits per heavy atom. The molecule has 2 amide bonds. The zero-order chi connectivity index (χ0) is 24.9. The molecule has 34 heavy (non-hydrogen) atoms. The van der Waals surface area contributed by atoms with Gasteiger partial charge in [0.15, 0.2) is 0 Å². The minimum atomic E-state index is -0.636. The van der Waals surface area contributed by atoms with Crippen molar-refractivity contribution in [3.8, 4) is 5.69 Å². The SMILES string of the molecule is COCCN(CC(=O)Nc1cc(C(C)(C)C)nn1-c1ccccc1C)C(=O)c1ccccc1F. The highest BCUT2D eigenvalue weighted by molar-refractivity contribution is 5.99. The molecule has 0 atom stereocenters. The smallest absolute Gasteiger partial charge is 0.257 e. The molecule has 0 spiro atoms. The number of methoxy groups -OCH3 is 1. The van der Waals surface area contributed by atoms with Crippen LogP contribution in [0.5, 0.6) is 0 Å². The fraction of sp³-hybridized carbons (Fsp3) is 0.346. The lowest BCUT2D eigenvalue weighted by atomic mass is 9.92. The van der Waals surface area contributed by atoms with E-state index in [1.165, 1.54) is 30.2 Å². The maximum atomic E-state index is 14.2. The van der Waals surface area contributed by atoms with Gasteiger partial charge in [-0.25, -0.2) is 9.07 Å². The molecule has 2 aromatic carbocycles. The van der Waals surface area contributed by atoms with Crippen LogP contribution in [0.15, 0.2) is 54.6 Å². The highest BCUT2D eigenvalue weighted by Crippen LogP contribution is 2.27. The van der Waals surface area contributed by atoms with Crippen molar-refractivity contribution < 1.29 is 18.7 Å². The number of carbonyl (C=O) groups is 2. The Kier molecular flexibility index (Phi) is 7.83. The van der Waals surface area contributed by atoms with Crippen LogP contribution in [0.3, 0.4) is 0 Å². The summed E-state index contributed by atoms with van der Waals surface area (Å²) in [5.74, 6) is -1.14. The first kappa shape index (κ1) is 25.1. The first-order valence-electron chi connectivity index (χ1n) is 11.1. The van der Waals surface area contributed by atoms with Crippen molar-refractivity contribution >= 4 is 17.6 Å². The molecule has 0 bridgehead atoms. The van der Waals surface area contributed by atoms with Crippen molar-refractivity contribution in [1.29, 1.82) is 0 Å². The van der Waals surface area contributed by atoms with Crippen molar-refractivity contribution in [1.82, 2.24) is 14.7 Å². The number of amides is 2. The second-order valence-corrected chi connectivity index (χ2v) is 9.11. The molecule has 0 radical (unpaired) electrons. The van der Waals surface area contributed by atoms with E-state index in [9.17, 15) is 14.0 Å². The first-order chi connectivity index (χ1) is 16.1. The number of benzene rings is 2. The molecule has 0 aliphatic carbocycles. The van der Waals surface area contributed by atoms with Crippen LogP contribution >= 0.6 is 0 Å². The Bertz CT molecular complexity index is 1170. The van der Waals surface area contributed by atoms with E-state index in [2.05, 4.69) is 5.32 Å². The molecule has 3 rings (SSSR count). The molecule has 180 valence electrons. The number of halogens is 1. The van der Waals surface area contributed by atoms with Gasteiger partial charge in [0.2, 0.25) is 5.91 Å². The van der Waals surface area contributed by atoms with E-state index in [0.717, 1.165) is 16.9 Å². The average molecular weight is 467 g/mol. The van der Waals surface area contributed by atoms with Crippen LogP contribution < -0.4 is 5.32 Å². The summed E-state index contributed by atoms with van der Waals surface area (Å²) in [6, 6.07) is 15.3. The van der Waals surface area contributed by atoms with Crippen molar-refractivity contribution in [2.75, 3.05) is 32.1 Å². The predicted molar refractivity (Wildman–Crippen MR) is 130 cm³/mol. The number of hydrogen-bond donors (Lipinski definition) is 1. The summed E-state index contributed by atoms with van der Waals surface area (Å²) < 4.78 is 21.0. The van der Waals surface area contributed by atoms with Crippen LogP contribution in [-0.4, -0.2) is 53.3 Å². The van der Waals surface area contributed by atoms with E-state index >= 15 is 0 Å². The molecular weight excluding hydrogens is 435 g/mol. The van der Waals surface area contributed by atoms with Gasteiger partial charge in [-0.2, -0.15) is 5.10 Å². The monoisotopic (exact) mass is 466 g/mol. The molecule has 7 nitrogen and oxygen atoms in total. The lowest BCUT2D eigenvalue weighted by Crippen LogP contribution is -2.40. The van der Waals surface area contributed by atoms with Gasteiger partial charge in [-0.3, -0.25) is 9.59 Å². The summed E-state index contributed by atoms with van der Waals surface area (Å²) in [5, 5.41) is 7.63. The minimum absolute atomic E-state index is 0.0913. The number of anilines is 1. The molecule has 0 aliphatic rings. The number of aryl methyl sites for hydroxylation is 1. The standard InChI is InChI=1S/C26H31FN4O3/c1-18-10-6-9-13-21(18)31-23(16-22(29-31)26(2,3)4)28-24(32)17-30(14-15-34-5)25(33)19-11-7-8-12-20(19)27/h6-13,16H,14-15,17H2,1-5H3,(H,28,32). The van der Waals surface area contributed by atoms with Crippen LogP contribution in [-0.2, 0) is 14.9 Å². The van der Waals surface area contributed by atoms with Crippen LogP contribution in [0.1, 0.15) is 42.4 Å². The zero-order valence-electron chi connectivity index (χ0n) is 20.3. The average Bonchev–Trinajstić information content (AvgIpc) is 3.20. The largest absolute Gasteiger partial charge is 0.383 e. The molecule has 0 saturated carbocycles. The number of rotatable bonds is 8. The fourth-order valence-corrected chi connectivity index (χ4v) is 3.44. The lowest BCUT2D eigenvalue weighted by Gasteiger charge is -2.22. The highest BCUT2D eigenvalue weighted by atomic mass is 19.1. The van der Waals surface area contributed by atoms with E-state index in [0.29, 0.717) is 5.82 Å². The maximum Gasteiger partial charge on any atom is 0.257 e. The Hall–Kier alpha value is -3.52. The topological polar surface area (TPSA) is 76.5 Å². The van der Waals surface area contributed by atoms with Crippen LogP contribution in [0, 0.1) is 12.7 Å². The second-order valence-electron chi connectivity index (χ2n) is 9.11. The molecular formula is C26H31FN4O3. The maximum absolute atomic E-state index is 14.2. The second kappa shape index (κ2) is 10.6. The van der Waals surface area contributed by atoms with Gasteiger partial charge in [-0.15, -0.1) is 0 Å². The number of para-hydroxylation sites is 1. The normalized spacial score (nSPS) is 11.4. The first-order valence-corrected chi connectivity index (χ1v) is 11.1. The Morgan fingerprint density at radius 2 is 1.79 bits per heavy atom. The van der Waals surface area contributed by atoms with Gasteiger partial charge in [-0.1, -0.05) is 51.1 Å². The van der Waals surface area contributed by atoms with Gasteiger partial charge in [0.05, 0.1) is 23.6 Å². The van der Waals surface area contributed by atoms with E-state index in [1.807, 2.05) is 58.0 Å².